The van der Waals surface area contributed by atoms with Crippen molar-refractivity contribution in [3.8, 4) is 50.6 Å². The second-order valence-electron chi connectivity index (χ2n) is 16.4. The monoisotopic (exact) mass is 744 g/mol. The molecule has 0 aliphatic carbocycles. The predicted octanol–water partition coefficient (Wildman–Crippen LogP) is 14.3. The maximum Gasteiger partial charge on any atom is 0.147 e. The van der Waals surface area contributed by atoms with Crippen LogP contribution in [0.4, 0.5) is 0 Å². The Morgan fingerprint density at radius 2 is 1.22 bits per heavy atom. The second-order valence-corrected chi connectivity index (χ2v) is 16.4. The van der Waals surface area contributed by atoms with Gasteiger partial charge in [0.25, 0.3) is 0 Å². The summed E-state index contributed by atoms with van der Waals surface area (Å²) < 4.78 is 2.39. The highest BCUT2D eigenvalue weighted by Crippen LogP contribution is 2.43. The minimum Gasteiger partial charge on any atom is -0.354 e. The summed E-state index contributed by atoms with van der Waals surface area (Å²) in [7, 11) is 0. The van der Waals surface area contributed by atoms with E-state index < -0.39 is 0 Å². The van der Waals surface area contributed by atoms with Crippen LogP contribution in [0.3, 0.4) is 0 Å². The molecule has 3 aromatic heterocycles. The SMILES string of the molecule is CC(C)(C)c1cc(-c2nc3c(-c4cc(-c5cc(-c6ccccc6)ccn5)cc5ccccc45)cccc3n2-c2cccc3ccccc23)c2[nH]c3ccccc3c2c1. The van der Waals surface area contributed by atoms with Crippen LogP contribution in [-0.2, 0) is 5.41 Å². The zero-order chi connectivity index (χ0) is 39.0. The molecule has 1 N–H and O–H groups in total. The Bertz CT molecular complexity index is 3370. The van der Waals surface area contributed by atoms with E-state index in [4.69, 9.17) is 9.97 Å². The van der Waals surface area contributed by atoms with Gasteiger partial charge < -0.3 is 4.98 Å². The van der Waals surface area contributed by atoms with Crippen LogP contribution in [0.15, 0.2) is 182 Å². The first kappa shape index (κ1) is 34.0. The van der Waals surface area contributed by atoms with Crippen LogP contribution < -0.4 is 0 Å². The highest BCUT2D eigenvalue weighted by Gasteiger charge is 2.25. The van der Waals surface area contributed by atoms with Crippen molar-refractivity contribution in [2.45, 2.75) is 26.2 Å². The molecule has 0 atom stereocenters. The second kappa shape index (κ2) is 13.1. The molecule has 11 aromatic rings. The van der Waals surface area contributed by atoms with Crippen LogP contribution in [0, 0.1) is 0 Å². The van der Waals surface area contributed by atoms with Crippen LogP contribution in [0.25, 0.3) is 105 Å². The molecule has 0 aliphatic heterocycles. The van der Waals surface area contributed by atoms with E-state index in [-0.39, 0.29) is 5.41 Å². The van der Waals surface area contributed by atoms with Crippen LogP contribution in [0.5, 0.6) is 0 Å². The third-order valence-corrected chi connectivity index (χ3v) is 11.7. The first-order valence-corrected chi connectivity index (χ1v) is 20.0. The predicted molar refractivity (Wildman–Crippen MR) is 244 cm³/mol. The van der Waals surface area contributed by atoms with Gasteiger partial charge in [-0.25, -0.2) is 4.98 Å². The third-order valence-electron chi connectivity index (χ3n) is 11.7. The topological polar surface area (TPSA) is 46.5 Å². The number of para-hydroxylation sites is 2. The van der Waals surface area contributed by atoms with Crippen molar-refractivity contribution in [1.29, 1.82) is 0 Å². The molecule has 276 valence electrons. The molecule has 0 spiro atoms. The summed E-state index contributed by atoms with van der Waals surface area (Å²) in [4.78, 5) is 14.5. The molecule has 58 heavy (non-hydrogen) atoms. The molecule has 4 heteroatoms. The maximum atomic E-state index is 5.78. The zero-order valence-electron chi connectivity index (χ0n) is 32.7. The van der Waals surface area contributed by atoms with Gasteiger partial charge in [0.15, 0.2) is 0 Å². The number of hydrogen-bond acceptors (Lipinski definition) is 2. The molecular weight excluding hydrogens is 705 g/mol. The number of nitrogens with zero attached hydrogens (tertiary/aromatic N) is 3. The number of aromatic nitrogens is 4. The van der Waals surface area contributed by atoms with Gasteiger partial charge >= 0.3 is 0 Å². The normalized spacial score (nSPS) is 12.1. The summed E-state index contributed by atoms with van der Waals surface area (Å²) in [5.74, 6) is 0.902. The number of fused-ring (bicyclic) bond motifs is 6. The Morgan fingerprint density at radius 3 is 2.07 bits per heavy atom. The molecule has 4 nitrogen and oxygen atoms in total. The first-order chi connectivity index (χ1) is 28.4. The highest BCUT2D eigenvalue weighted by atomic mass is 15.1. The molecule has 0 amide bonds. The van der Waals surface area contributed by atoms with Crippen LogP contribution in [0.2, 0.25) is 0 Å². The maximum absolute atomic E-state index is 5.78. The van der Waals surface area contributed by atoms with Gasteiger partial charge in [0.05, 0.1) is 27.9 Å². The van der Waals surface area contributed by atoms with Gasteiger partial charge in [-0.05, 0) is 98.4 Å². The fourth-order valence-electron chi connectivity index (χ4n) is 8.78. The van der Waals surface area contributed by atoms with Gasteiger partial charge in [-0.1, -0.05) is 142 Å². The lowest BCUT2D eigenvalue weighted by Gasteiger charge is -2.21. The molecule has 0 radical (unpaired) electrons. The van der Waals surface area contributed by atoms with E-state index in [2.05, 4.69) is 206 Å². The van der Waals surface area contributed by atoms with Gasteiger partial charge in [0.2, 0.25) is 0 Å². The summed E-state index contributed by atoms with van der Waals surface area (Å²) in [5.41, 5.74) is 14.1. The van der Waals surface area contributed by atoms with E-state index in [1.54, 1.807) is 0 Å². The quantitative estimate of drug-likeness (QED) is 0.191. The van der Waals surface area contributed by atoms with Gasteiger partial charge in [0.1, 0.15) is 5.82 Å². The number of benzene rings is 8. The van der Waals surface area contributed by atoms with E-state index in [1.165, 1.54) is 38.1 Å². The van der Waals surface area contributed by atoms with Gasteiger partial charge in [-0.3, -0.25) is 9.55 Å². The fraction of sp³-hybridized carbons (Fsp3) is 0.0741. The summed E-state index contributed by atoms with van der Waals surface area (Å²) in [6.45, 7) is 6.88. The van der Waals surface area contributed by atoms with E-state index in [1.807, 2.05) is 6.20 Å². The lowest BCUT2D eigenvalue weighted by atomic mass is 9.85. The number of nitrogens with one attached hydrogen (secondary N) is 1. The van der Waals surface area contributed by atoms with E-state index in [0.717, 1.165) is 72.5 Å². The molecule has 8 aromatic carbocycles. The largest absolute Gasteiger partial charge is 0.354 e. The summed E-state index contributed by atoms with van der Waals surface area (Å²) >= 11 is 0. The van der Waals surface area contributed by atoms with Crippen molar-refractivity contribution in [2.24, 2.45) is 0 Å². The Hall–Kier alpha value is -7.30. The number of H-pyrrole nitrogens is 1. The minimum atomic E-state index is -0.0893. The summed E-state index contributed by atoms with van der Waals surface area (Å²) in [5, 5.41) is 7.11. The van der Waals surface area contributed by atoms with Gasteiger partial charge in [0, 0.05) is 44.6 Å². The number of pyridine rings is 1. The van der Waals surface area contributed by atoms with Gasteiger partial charge in [-0.2, -0.15) is 0 Å². The van der Waals surface area contributed by atoms with Crippen molar-refractivity contribution < 1.29 is 0 Å². The Morgan fingerprint density at radius 1 is 0.500 bits per heavy atom. The van der Waals surface area contributed by atoms with Crippen molar-refractivity contribution in [1.82, 2.24) is 19.5 Å². The molecule has 11 rings (SSSR count). The van der Waals surface area contributed by atoms with E-state index in [9.17, 15) is 0 Å². The lowest BCUT2D eigenvalue weighted by Crippen LogP contribution is -2.11. The van der Waals surface area contributed by atoms with Crippen LogP contribution in [-0.4, -0.2) is 19.5 Å². The number of aromatic amines is 1. The van der Waals surface area contributed by atoms with Crippen molar-refractivity contribution in [3.63, 3.8) is 0 Å². The molecule has 0 bridgehead atoms. The van der Waals surface area contributed by atoms with Crippen molar-refractivity contribution >= 4 is 54.4 Å². The minimum absolute atomic E-state index is 0.0893. The van der Waals surface area contributed by atoms with Gasteiger partial charge in [-0.15, -0.1) is 0 Å². The first-order valence-electron chi connectivity index (χ1n) is 20.0. The number of rotatable bonds is 5. The zero-order valence-corrected chi connectivity index (χ0v) is 32.7. The highest BCUT2D eigenvalue weighted by molar-refractivity contribution is 6.13. The average molecular weight is 745 g/mol. The fourth-order valence-corrected chi connectivity index (χ4v) is 8.78. The summed E-state index contributed by atoms with van der Waals surface area (Å²) in [6.07, 6.45) is 1.92. The smallest absolute Gasteiger partial charge is 0.147 e. The Balaban J connectivity index is 1.23. The molecule has 0 saturated heterocycles. The average Bonchev–Trinajstić information content (AvgIpc) is 3.85. The Labute approximate surface area is 337 Å². The van der Waals surface area contributed by atoms with E-state index in [0.29, 0.717) is 0 Å². The van der Waals surface area contributed by atoms with Crippen molar-refractivity contribution in [3.05, 3.63) is 188 Å². The van der Waals surface area contributed by atoms with Crippen molar-refractivity contribution in [2.75, 3.05) is 0 Å². The Kier molecular flexibility index (Phi) is 7.70. The molecule has 0 aliphatic rings. The third kappa shape index (κ3) is 5.52. The number of imidazole rings is 1. The molecular formula is C54H40N4. The van der Waals surface area contributed by atoms with Crippen LogP contribution >= 0.6 is 0 Å². The molecule has 0 fully saturated rings. The van der Waals surface area contributed by atoms with Crippen LogP contribution in [0.1, 0.15) is 26.3 Å². The standard InChI is InChI=1S/C54H40N4/c1-54(2,3)39-32-45-42-22-11-12-24-47(42)56-51(45)46(33-39)53-57-52-43(23-14-26-50(52)58(53)49-25-13-19-35-17-7-10-21-41(35)49)44-30-38(29-37-18-8-9-20-40(37)44)48-31-36(27-28-55-48)34-15-5-4-6-16-34/h4-33,56H,1-3H3. The number of hydrogen-bond donors (Lipinski definition) is 1. The summed E-state index contributed by atoms with van der Waals surface area (Å²) in [6, 6.07) is 63.3. The molecule has 0 saturated carbocycles. The lowest BCUT2D eigenvalue weighted by molar-refractivity contribution is 0.591. The van der Waals surface area contributed by atoms with E-state index >= 15 is 0 Å². The molecule has 0 unspecified atom stereocenters. The molecule has 3 heterocycles.